The molecule has 3 atom stereocenters. The lowest BCUT2D eigenvalue weighted by molar-refractivity contribution is -0.137. The molecule has 3 aromatic rings. The fraction of sp³-hybridized carbons (Fsp3) is 0.400. The molecular weight excluding hydrogens is 447 g/mol. The molecule has 0 spiro atoms. The molecule has 1 amide bonds. The first kappa shape index (κ1) is 23.8. The van der Waals surface area contributed by atoms with E-state index >= 15 is 0 Å². The van der Waals surface area contributed by atoms with Crippen molar-refractivity contribution in [1.29, 1.82) is 0 Å². The number of carbonyl (C=O) groups excluding carboxylic acids is 1. The van der Waals surface area contributed by atoms with Gasteiger partial charge in [0.25, 0.3) is 5.91 Å². The highest BCUT2D eigenvalue weighted by molar-refractivity contribution is 6.01. The van der Waals surface area contributed by atoms with E-state index in [-0.39, 0.29) is 23.7 Å². The topological polar surface area (TPSA) is 68.5 Å². The molecule has 1 aliphatic rings. The van der Waals surface area contributed by atoms with Crippen LogP contribution in [0.4, 0.5) is 13.2 Å². The molecule has 6 nitrogen and oxygen atoms in total. The first-order valence-electron chi connectivity index (χ1n) is 11.2. The Morgan fingerprint density at radius 1 is 1.26 bits per heavy atom. The molecule has 180 valence electrons. The van der Waals surface area contributed by atoms with Crippen LogP contribution in [0.5, 0.6) is 5.88 Å². The zero-order valence-corrected chi connectivity index (χ0v) is 19.2. The summed E-state index contributed by atoms with van der Waals surface area (Å²) in [7, 11) is 0. The average Bonchev–Trinajstić information content (AvgIpc) is 3.46. The molecule has 0 N–H and O–H groups in total. The van der Waals surface area contributed by atoms with E-state index in [9.17, 15) is 18.0 Å². The van der Waals surface area contributed by atoms with Gasteiger partial charge in [-0.15, -0.1) is 0 Å². The number of halogens is 3. The molecule has 1 saturated heterocycles. The first-order chi connectivity index (χ1) is 16.2. The number of pyridine rings is 1. The van der Waals surface area contributed by atoms with Gasteiger partial charge in [0.05, 0.1) is 28.9 Å². The van der Waals surface area contributed by atoms with Crippen LogP contribution >= 0.6 is 0 Å². The Balaban J connectivity index is 1.60. The van der Waals surface area contributed by atoms with Crippen LogP contribution in [0.15, 0.2) is 53.4 Å². The lowest BCUT2D eigenvalue weighted by Gasteiger charge is -2.31. The second-order valence-electron chi connectivity index (χ2n) is 8.65. The molecular formula is C25H26F3N3O3. The summed E-state index contributed by atoms with van der Waals surface area (Å²) in [6.07, 6.45) is 0.151. The van der Waals surface area contributed by atoms with Gasteiger partial charge in [0.15, 0.2) is 0 Å². The minimum atomic E-state index is -4.46. The van der Waals surface area contributed by atoms with E-state index in [4.69, 9.17) is 9.15 Å². The van der Waals surface area contributed by atoms with Crippen LogP contribution in [0, 0.1) is 12.8 Å². The van der Waals surface area contributed by atoms with Crippen LogP contribution in [0.1, 0.15) is 48.2 Å². The van der Waals surface area contributed by atoms with Crippen LogP contribution in [0.25, 0.3) is 11.5 Å². The van der Waals surface area contributed by atoms with Crippen molar-refractivity contribution in [3.63, 3.8) is 0 Å². The van der Waals surface area contributed by atoms with Crippen molar-refractivity contribution in [2.24, 2.45) is 5.92 Å². The minimum absolute atomic E-state index is 0.0998. The number of amides is 1. The van der Waals surface area contributed by atoms with Crippen molar-refractivity contribution in [2.75, 3.05) is 6.54 Å². The Labute approximate surface area is 195 Å². The van der Waals surface area contributed by atoms with Gasteiger partial charge in [-0.2, -0.15) is 13.2 Å². The van der Waals surface area contributed by atoms with E-state index in [1.165, 1.54) is 18.5 Å². The van der Waals surface area contributed by atoms with Crippen LogP contribution < -0.4 is 4.74 Å². The van der Waals surface area contributed by atoms with Crippen molar-refractivity contribution < 1.29 is 27.1 Å². The number of ether oxygens (including phenoxy) is 1. The van der Waals surface area contributed by atoms with Gasteiger partial charge in [-0.25, -0.2) is 9.97 Å². The highest BCUT2D eigenvalue weighted by Crippen LogP contribution is 2.34. The molecule has 3 unspecified atom stereocenters. The Bertz CT molecular complexity index is 1130. The maximum atomic E-state index is 13.8. The SMILES string of the molecule is CCC(Oc1ccc(C(F)(F)F)cn1)C1CC(C)CN1C(=O)c1cccc(C)c1-c1ncco1. The van der Waals surface area contributed by atoms with Gasteiger partial charge in [-0.05, 0) is 43.4 Å². The van der Waals surface area contributed by atoms with Crippen molar-refractivity contribution in [3.05, 3.63) is 65.7 Å². The number of alkyl halides is 3. The summed E-state index contributed by atoms with van der Waals surface area (Å²) in [4.78, 5) is 23.6. The molecule has 0 bridgehead atoms. The average molecular weight is 473 g/mol. The third kappa shape index (κ3) is 4.78. The zero-order valence-electron chi connectivity index (χ0n) is 19.2. The summed E-state index contributed by atoms with van der Waals surface area (Å²) >= 11 is 0. The number of rotatable bonds is 6. The summed E-state index contributed by atoms with van der Waals surface area (Å²) in [6, 6.07) is 7.39. The largest absolute Gasteiger partial charge is 0.472 e. The molecule has 1 aromatic carbocycles. The molecule has 4 rings (SSSR count). The first-order valence-corrected chi connectivity index (χ1v) is 11.2. The van der Waals surface area contributed by atoms with Crippen molar-refractivity contribution in [3.8, 4) is 17.3 Å². The number of likely N-dealkylation sites (tertiary alicyclic amines) is 1. The molecule has 0 radical (unpaired) electrons. The summed E-state index contributed by atoms with van der Waals surface area (Å²) in [6.45, 7) is 6.43. The molecule has 34 heavy (non-hydrogen) atoms. The van der Waals surface area contributed by atoms with E-state index < -0.39 is 17.8 Å². The number of aryl methyl sites for hydroxylation is 1. The van der Waals surface area contributed by atoms with Gasteiger partial charge >= 0.3 is 6.18 Å². The maximum Gasteiger partial charge on any atom is 0.417 e. The van der Waals surface area contributed by atoms with Gasteiger partial charge in [0, 0.05) is 18.8 Å². The Kier molecular flexibility index (Phi) is 6.63. The van der Waals surface area contributed by atoms with E-state index in [1.807, 2.05) is 26.0 Å². The van der Waals surface area contributed by atoms with E-state index in [1.54, 1.807) is 11.0 Å². The Morgan fingerprint density at radius 3 is 2.68 bits per heavy atom. The Morgan fingerprint density at radius 2 is 2.06 bits per heavy atom. The predicted molar refractivity (Wildman–Crippen MR) is 119 cm³/mol. The molecule has 0 aliphatic carbocycles. The second-order valence-corrected chi connectivity index (χ2v) is 8.65. The van der Waals surface area contributed by atoms with E-state index in [2.05, 4.69) is 16.9 Å². The molecule has 1 fully saturated rings. The number of aromatic nitrogens is 2. The zero-order chi connectivity index (χ0) is 24.5. The fourth-order valence-corrected chi connectivity index (χ4v) is 4.51. The minimum Gasteiger partial charge on any atom is -0.472 e. The number of carbonyl (C=O) groups is 1. The smallest absolute Gasteiger partial charge is 0.417 e. The van der Waals surface area contributed by atoms with Gasteiger partial charge in [0.2, 0.25) is 11.8 Å². The number of hydrogen-bond donors (Lipinski definition) is 0. The monoisotopic (exact) mass is 473 g/mol. The number of hydrogen-bond acceptors (Lipinski definition) is 5. The Hall–Kier alpha value is -3.36. The van der Waals surface area contributed by atoms with Crippen LogP contribution in [0.2, 0.25) is 0 Å². The summed E-state index contributed by atoms with van der Waals surface area (Å²) in [5, 5.41) is 0. The highest BCUT2D eigenvalue weighted by Gasteiger charge is 2.40. The van der Waals surface area contributed by atoms with E-state index in [0.717, 1.165) is 17.8 Å². The van der Waals surface area contributed by atoms with Crippen LogP contribution in [-0.2, 0) is 6.18 Å². The molecule has 0 saturated carbocycles. The second kappa shape index (κ2) is 9.48. The van der Waals surface area contributed by atoms with Crippen molar-refractivity contribution >= 4 is 5.91 Å². The van der Waals surface area contributed by atoms with Crippen molar-refractivity contribution in [2.45, 2.75) is 51.9 Å². The molecule has 9 heteroatoms. The summed E-state index contributed by atoms with van der Waals surface area (Å²) in [5.41, 5.74) is 1.17. The van der Waals surface area contributed by atoms with Gasteiger partial charge in [0.1, 0.15) is 12.4 Å². The normalized spacial score (nSPS) is 19.3. The van der Waals surface area contributed by atoms with Crippen LogP contribution in [0.3, 0.4) is 0 Å². The van der Waals surface area contributed by atoms with Gasteiger partial charge in [-0.1, -0.05) is 26.0 Å². The van der Waals surface area contributed by atoms with Crippen LogP contribution in [-0.4, -0.2) is 39.5 Å². The van der Waals surface area contributed by atoms with Crippen molar-refractivity contribution in [1.82, 2.24) is 14.9 Å². The maximum absolute atomic E-state index is 13.8. The molecule has 1 aliphatic heterocycles. The van der Waals surface area contributed by atoms with Gasteiger partial charge in [-0.3, -0.25) is 4.79 Å². The molecule has 2 aromatic heterocycles. The fourth-order valence-electron chi connectivity index (χ4n) is 4.51. The quantitative estimate of drug-likeness (QED) is 0.455. The van der Waals surface area contributed by atoms with Gasteiger partial charge < -0.3 is 14.1 Å². The molecule has 3 heterocycles. The lowest BCUT2D eigenvalue weighted by atomic mass is 9.99. The highest BCUT2D eigenvalue weighted by atomic mass is 19.4. The standard InChI is InChI=1S/C25H26F3N3O3/c1-4-20(34-21-9-8-17(13-30-21)25(26,27)28)19-12-15(2)14-31(19)24(32)18-7-5-6-16(3)22(18)23-29-10-11-33-23/h5-11,13,15,19-20H,4,12,14H2,1-3H3. The summed E-state index contributed by atoms with van der Waals surface area (Å²) in [5.74, 6) is 0.557. The number of nitrogens with zero attached hydrogens (tertiary/aromatic N) is 3. The third-order valence-electron chi connectivity index (χ3n) is 6.13. The lowest BCUT2D eigenvalue weighted by Crippen LogP contribution is -2.45. The van der Waals surface area contributed by atoms with E-state index in [0.29, 0.717) is 36.4 Å². The number of benzene rings is 1. The number of oxazole rings is 1. The summed E-state index contributed by atoms with van der Waals surface area (Å²) < 4.78 is 50.1. The predicted octanol–water partition coefficient (Wildman–Crippen LogP) is 5.77. The third-order valence-corrected chi connectivity index (χ3v) is 6.13.